The van der Waals surface area contributed by atoms with Crippen molar-refractivity contribution in [2.24, 2.45) is 5.92 Å². The Balaban J connectivity index is 2.15. The molecule has 0 fully saturated rings. The van der Waals surface area contributed by atoms with Crippen LogP contribution in [-0.4, -0.2) is 16.2 Å². The lowest BCUT2D eigenvalue weighted by molar-refractivity contribution is -0.142. The number of carbonyl (C=O) groups is 1. The van der Waals surface area contributed by atoms with Gasteiger partial charge in [0, 0.05) is 5.92 Å². The number of benzene rings is 2. The quantitative estimate of drug-likeness (QED) is 0.879. The van der Waals surface area contributed by atoms with Crippen LogP contribution in [0.1, 0.15) is 29.0 Å². The molecule has 3 nitrogen and oxygen atoms in total. The number of hydrogen-bond acceptors (Lipinski definition) is 2. The third-order valence-corrected chi connectivity index (χ3v) is 4.07. The molecule has 2 aromatic rings. The number of carboxylic acid groups (broad SMARTS) is 1. The maximum Gasteiger partial charge on any atom is 0.307 e. The first-order valence-corrected chi connectivity index (χ1v) is 6.76. The van der Waals surface area contributed by atoms with Crippen LogP contribution in [0.25, 0.3) is 0 Å². The van der Waals surface area contributed by atoms with Gasteiger partial charge in [0.2, 0.25) is 0 Å². The molecule has 3 heteroatoms. The highest BCUT2D eigenvalue weighted by atomic mass is 16.4. The Labute approximate surface area is 117 Å². The van der Waals surface area contributed by atoms with Crippen LogP contribution in [0, 0.1) is 5.92 Å². The molecule has 0 saturated heterocycles. The van der Waals surface area contributed by atoms with E-state index in [9.17, 15) is 15.0 Å². The van der Waals surface area contributed by atoms with Crippen molar-refractivity contribution < 1.29 is 15.0 Å². The van der Waals surface area contributed by atoms with Crippen LogP contribution in [0.4, 0.5) is 0 Å². The van der Waals surface area contributed by atoms with Crippen molar-refractivity contribution in [2.45, 2.75) is 18.8 Å². The minimum absolute atomic E-state index is 0.190. The first kappa shape index (κ1) is 12.7. The topological polar surface area (TPSA) is 57.5 Å². The smallest absolute Gasteiger partial charge is 0.307 e. The molecule has 0 aromatic heterocycles. The van der Waals surface area contributed by atoms with Crippen molar-refractivity contribution in [3.63, 3.8) is 0 Å². The molecule has 1 aliphatic rings. The number of aryl methyl sites for hydroxylation is 1. The van der Waals surface area contributed by atoms with E-state index in [0.717, 1.165) is 23.1 Å². The van der Waals surface area contributed by atoms with Crippen LogP contribution in [0.2, 0.25) is 0 Å². The average molecular weight is 268 g/mol. The molecule has 0 bridgehead atoms. The molecule has 0 saturated carbocycles. The fourth-order valence-electron chi connectivity index (χ4n) is 3.13. The molecule has 20 heavy (non-hydrogen) atoms. The van der Waals surface area contributed by atoms with Gasteiger partial charge < -0.3 is 10.2 Å². The van der Waals surface area contributed by atoms with Gasteiger partial charge in [-0.2, -0.15) is 0 Å². The molecule has 2 N–H and O–H groups in total. The molecule has 2 aromatic carbocycles. The van der Waals surface area contributed by atoms with E-state index in [2.05, 4.69) is 0 Å². The predicted octanol–water partition coefficient (Wildman–Crippen LogP) is 3.17. The number of hydrogen-bond donors (Lipinski definition) is 2. The molecule has 0 aliphatic heterocycles. The Bertz CT molecular complexity index is 634. The first-order chi connectivity index (χ1) is 9.66. The first-order valence-electron chi connectivity index (χ1n) is 6.76. The number of rotatable bonds is 2. The molecule has 102 valence electrons. The van der Waals surface area contributed by atoms with Crippen molar-refractivity contribution in [1.82, 2.24) is 0 Å². The normalized spacial score (nSPS) is 21.2. The Morgan fingerprint density at radius 3 is 2.55 bits per heavy atom. The molecule has 0 heterocycles. The van der Waals surface area contributed by atoms with E-state index in [4.69, 9.17) is 0 Å². The van der Waals surface area contributed by atoms with E-state index in [1.54, 1.807) is 12.1 Å². The molecular weight excluding hydrogens is 252 g/mol. The Morgan fingerprint density at radius 1 is 1.10 bits per heavy atom. The van der Waals surface area contributed by atoms with Crippen LogP contribution in [0.3, 0.4) is 0 Å². The third kappa shape index (κ3) is 2.16. The highest BCUT2D eigenvalue weighted by Gasteiger charge is 2.35. The number of phenolic OH excluding ortho intramolecular Hbond substituents is 1. The molecule has 0 radical (unpaired) electrons. The SMILES string of the molecule is O=C(O)C1CCc2ccc(O)cc2C1c1ccccc1. The molecule has 2 atom stereocenters. The summed E-state index contributed by atoms with van der Waals surface area (Å²) in [6, 6.07) is 15.0. The lowest BCUT2D eigenvalue weighted by atomic mass is 9.72. The summed E-state index contributed by atoms with van der Waals surface area (Å²) in [4.78, 5) is 11.6. The Morgan fingerprint density at radius 2 is 1.85 bits per heavy atom. The minimum Gasteiger partial charge on any atom is -0.508 e. The maximum absolute atomic E-state index is 11.6. The van der Waals surface area contributed by atoms with Gasteiger partial charge >= 0.3 is 5.97 Å². The fourth-order valence-corrected chi connectivity index (χ4v) is 3.13. The Hall–Kier alpha value is -2.29. The second kappa shape index (κ2) is 5.00. The van der Waals surface area contributed by atoms with E-state index in [-0.39, 0.29) is 11.7 Å². The highest BCUT2D eigenvalue weighted by Crippen LogP contribution is 2.42. The van der Waals surface area contributed by atoms with E-state index in [1.165, 1.54) is 0 Å². The second-order valence-corrected chi connectivity index (χ2v) is 5.25. The van der Waals surface area contributed by atoms with Crippen LogP contribution in [-0.2, 0) is 11.2 Å². The number of aromatic hydroxyl groups is 1. The summed E-state index contributed by atoms with van der Waals surface area (Å²) in [5, 5.41) is 19.2. The summed E-state index contributed by atoms with van der Waals surface area (Å²) < 4.78 is 0. The molecule has 2 unspecified atom stereocenters. The number of fused-ring (bicyclic) bond motifs is 1. The van der Waals surface area contributed by atoms with Crippen molar-refractivity contribution in [3.8, 4) is 5.75 Å². The zero-order valence-electron chi connectivity index (χ0n) is 11.0. The Kier molecular flexibility index (Phi) is 3.18. The van der Waals surface area contributed by atoms with Crippen molar-refractivity contribution in [3.05, 3.63) is 65.2 Å². The van der Waals surface area contributed by atoms with E-state index in [1.807, 2.05) is 36.4 Å². The molecule has 3 rings (SSSR count). The fraction of sp³-hybridized carbons (Fsp3) is 0.235. The van der Waals surface area contributed by atoms with Crippen LogP contribution in [0.15, 0.2) is 48.5 Å². The van der Waals surface area contributed by atoms with Gasteiger partial charge in [-0.1, -0.05) is 36.4 Å². The minimum atomic E-state index is -0.771. The van der Waals surface area contributed by atoms with Gasteiger partial charge in [-0.05, 0) is 41.7 Å². The van der Waals surface area contributed by atoms with E-state index < -0.39 is 11.9 Å². The largest absolute Gasteiger partial charge is 0.508 e. The maximum atomic E-state index is 11.6. The van der Waals surface area contributed by atoms with Crippen molar-refractivity contribution in [1.29, 1.82) is 0 Å². The van der Waals surface area contributed by atoms with E-state index >= 15 is 0 Å². The van der Waals surface area contributed by atoms with Crippen molar-refractivity contribution >= 4 is 5.97 Å². The predicted molar refractivity (Wildman–Crippen MR) is 75.8 cm³/mol. The number of carboxylic acids is 1. The van der Waals surface area contributed by atoms with Crippen molar-refractivity contribution in [2.75, 3.05) is 0 Å². The van der Waals surface area contributed by atoms with Gasteiger partial charge in [0.1, 0.15) is 5.75 Å². The van der Waals surface area contributed by atoms with Gasteiger partial charge in [0.25, 0.3) is 0 Å². The summed E-state index contributed by atoms with van der Waals surface area (Å²) in [6.45, 7) is 0. The summed E-state index contributed by atoms with van der Waals surface area (Å²) in [5.74, 6) is -1.21. The van der Waals surface area contributed by atoms with Gasteiger partial charge in [-0.25, -0.2) is 0 Å². The van der Waals surface area contributed by atoms with Crippen LogP contribution < -0.4 is 0 Å². The lowest BCUT2D eigenvalue weighted by Crippen LogP contribution is -2.28. The lowest BCUT2D eigenvalue weighted by Gasteiger charge is -2.31. The molecule has 0 amide bonds. The number of aliphatic carboxylic acids is 1. The highest BCUT2D eigenvalue weighted by molar-refractivity contribution is 5.73. The van der Waals surface area contributed by atoms with E-state index in [0.29, 0.717) is 6.42 Å². The zero-order valence-corrected chi connectivity index (χ0v) is 11.0. The van der Waals surface area contributed by atoms with Gasteiger partial charge in [0.05, 0.1) is 5.92 Å². The summed E-state index contributed by atoms with van der Waals surface area (Å²) in [6.07, 6.45) is 1.38. The molecule has 0 spiro atoms. The summed E-state index contributed by atoms with van der Waals surface area (Å²) >= 11 is 0. The van der Waals surface area contributed by atoms with Gasteiger partial charge in [-0.3, -0.25) is 4.79 Å². The van der Waals surface area contributed by atoms with Gasteiger partial charge in [0.15, 0.2) is 0 Å². The van der Waals surface area contributed by atoms with Gasteiger partial charge in [-0.15, -0.1) is 0 Å². The summed E-state index contributed by atoms with van der Waals surface area (Å²) in [5.41, 5.74) is 3.07. The second-order valence-electron chi connectivity index (χ2n) is 5.25. The third-order valence-electron chi connectivity index (χ3n) is 4.07. The molecule has 1 aliphatic carbocycles. The van der Waals surface area contributed by atoms with Crippen LogP contribution in [0.5, 0.6) is 5.75 Å². The average Bonchev–Trinajstić information content (AvgIpc) is 2.46. The standard InChI is InChI=1S/C17H16O3/c18-13-8-6-11-7-9-14(17(19)20)16(15(11)10-13)12-4-2-1-3-5-12/h1-6,8,10,14,16,18H,7,9H2,(H,19,20). The van der Waals surface area contributed by atoms with Crippen LogP contribution >= 0.6 is 0 Å². The summed E-state index contributed by atoms with van der Waals surface area (Å²) in [7, 11) is 0. The monoisotopic (exact) mass is 268 g/mol. The number of phenols is 1. The zero-order chi connectivity index (χ0) is 14.1. The molecular formula is C17H16O3.